The molecular weight excluding hydrogens is 310 g/mol. The number of hydrogen-bond acceptors (Lipinski definition) is 5. The summed E-state index contributed by atoms with van der Waals surface area (Å²) in [7, 11) is 0. The summed E-state index contributed by atoms with van der Waals surface area (Å²) in [6.45, 7) is 0.471. The zero-order valence-corrected chi connectivity index (χ0v) is 13.0. The van der Waals surface area contributed by atoms with Crippen molar-refractivity contribution in [1.82, 2.24) is 0 Å². The van der Waals surface area contributed by atoms with Crippen LogP contribution in [0.1, 0.15) is 11.1 Å². The third-order valence-corrected chi connectivity index (χ3v) is 4.28. The number of benzene rings is 2. The zero-order valence-electron chi connectivity index (χ0n) is 12.2. The van der Waals surface area contributed by atoms with Gasteiger partial charge in [-0.1, -0.05) is 30.3 Å². The van der Waals surface area contributed by atoms with Gasteiger partial charge in [0.15, 0.2) is 0 Å². The van der Waals surface area contributed by atoms with E-state index in [1.165, 1.54) is 0 Å². The molecule has 0 saturated carbocycles. The van der Waals surface area contributed by atoms with Crippen molar-refractivity contribution in [3.8, 4) is 11.8 Å². The minimum Gasteiger partial charge on any atom is -0.485 e. The Kier molecular flexibility index (Phi) is 4.65. The van der Waals surface area contributed by atoms with Gasteiger partial charge in [0.05, 0.1) is 23.1 Å². The summed E-state index contributed by atoms with van der Waals surface area (Å²) >= 11 is 1.58. The van der Waals surface area contributed by atoms with Crippen LogP contribution >= 0.6 is 11.8 Å². The molecule has 3 rings (SSSR count). The van der Waals surface area contributed by atoms with Crippen LogP contribution < -0.4 is 4.74 Å². The lowest BCUT2D eigenvalue weighted by atomic mass is 10.2. The summed E-state index contributed by atoms with van der Waals surface area (Å²) in [6.07, 6.45) is 0. The first-order chi connectivity index (χ1) is 11.3. The number of nitriles is 1. The summed E-state index contributed by atoms with van der Waals surface area (Å²) in [4.78, 5) is 13.2. The Morgan fingerprint density at radius 3 is 2.57 bits per heavy atom. The Balaban J connectivity index is 1.86. The van der Waals surface area contributed by atoms with Crippen LogP contribution in [0.5, 0.6) is 5.75 Å². The molecule has 0 aliphatic carbocycles. The average Bonchev–Trinajstić information content (AvgIpc) is 2.63. The second-order valence-electron chi connectivity index (χ2n) is 4.75. The Morgan fingerprint density at radius 1 is 1.13 bits per heavy atom. The molecule has 0 amide bonds. The normalized spacial score (nSPS) is 13.9. The smallest absolute Gasteiger partial charge is 0.380 e. The molecule has 0 spiro atoms. The zero-order chi connectivity index (χ0) is 16.1. The highest BCUT2D eigenvalue weighted by Gasteiger charge is 2.24. The highest BCUT2D eigenvalue weighted by Crippen LogP contribution is 2.35. The lowest BCUT2D eigenvalue weighted by molar-refractivity contribution is -0.133. The molecule has 4 nitrogen and oxygen atoms in total. The van der Waals surface area contributed by atoms with Crippen LogP contribution in [-0.2, 0) is 9.53 Å². The molecule has 2 aromatic carbocycles. The van der Waals surface area contributed by atoms with Gasteiger partial charge in [-0.3, -0.25) is 0 Å². The summed E-state index contributed by atoms with van der Waals surface area (Å²) in [5.74, 6) is 0.878. The predicted molar refractivity (Wildman–Crippen MR) is 88.6 cm³/mol. The van der Waals surface area contributed by atoms with Crippen LogP contribution in [0.4, 0.5) is 0 Å². The van der Waals surface area contributed by atoms with Crippen molar-refractivity contribution in [2.24, 2.45) is 0 Å². The number of esters is 1. The Morgan fingerprint density at radius 2 is 1.87 bits per heavy atom. The van der Waals surface area contributed by atoms with Crippen LogP contribution in [0.2, 0.25) is 0 Å². The first-order valence-corrected chi connectivity index (χ1v) is 8.04. The number of ether oxygens (including phenoxy) is 2. The Labute approximate surface area is 138 Å². The van der Waals surface area contributed by atoms with E-state index < -0.39 is 5.97 Å². The van der Waals surface area contributed by atoms with Crippen molar-refractivity contribution in [3.63, 3.8) is 0 Å². The standard InChI is InChI=1S/C18H13NO3S/c19-12-13-6-8-15(9-7-13)22-18(20)16-17(23-11-10-21-16)14-4-2-1-3-5-14/h1-9H,10-11H2. The predicted octanol–water partition coefficient (Wildman–Crippen LogP) is 3.60. The van der Waals surface area contributed by atoms with Gasteiger partial charge in [-0.15, -0.1) is 11.8 Å². The van der Waals surface area contributed by atoms with E-state index in [-0.39, 0.29) is 5.76 Å². The maximum atomic E-state index is 12.4. The lowest BCUT2D eigenvalue weighted by Crippen LogP contribution is -2.19. The van der Waals surface area contributed by atoms with Crippen molar-refractivity contribution < 1.29 is 14.3 Å². The molecule has 0 fully saturated rings. The second kappa shape index (κ2) is 7.03. The van der Waals surface area contributed by atoms with Gasteiger partial charge in [0, 0.05) is 5.75 Å². The summed E-state index contributed by atoms with van der Waals surface area (Å²) in [6, 6.07) is 18.0. The van der Waals surface area contributed by atoms with Gasteiger partial charge < -0.3 is 9.47 Å². The molecule has 23 heavy (non-hydrogen) atoms. The second-order valence-corrected chi connectivity index (χ2v) is 5.85. The monoisotopic (exact) mass is 323 g/mol. The van der Waals surface area contributed by atoms with Gasteiger partial charge in [-0.05, 0) is 29.8 Å². The molecule has 1 aliphatic heterocycles. The van der Waals surface area contributed by atoms with E-state index in [1.807, 2.05) is 36.4 Å². The molecule has 114 valence electrons. The number of nitrogens with zero attached hydrogens (tertiary/aromatic N) is 1. The van der Waals surface area contributed by atoms with Gasteiger partial charge >= 0.3 is 5.97 Å². The first kappa shape index (κ1) is 15.2. The molecule has 5 heteroatoms. The summed E-state index contributed by atoms with van der Waals surface area (Å²) < 4.78 is 10.9. The Bertz CT molecular complexity index is 776. The van der Waals surface area contributed by atoms with Crippen molar-refractivity contribution >= 4 is 22.6 Å². The molecule has 0 bridgehead atoms. The SMILES string of the molecule is N#Cc1ccc(OC(=O)C2=C(c3ccccc3)SCCO2)cc1. The van der Waals surface area contributed by atoms with Gasteiger partial charge in [0.2, 0.25) is 5.76 Å². The molecule has 0 N–H and O–H groups in total. The van der Waals surface area contributed by atoms with Crippen LogP contribution in [-0.4, -0.2) is 18.3 Å². The van der Waals surface area contributed by atoms with E-state index >= 15 is 0 Å². The molecule has 2 aromatic rings. The molecule has 0 radical (unpaired) electrons. The number of rotatable bonds is 3. The number of thioether (sulfide) groups is 1. The van der Waals surface area contributed by atoms with Crippen molar-refractivity contribution in [1.29, 1.82) is 5.26 Å². The highest BCUT2D eigenvalue weighted by atomic mass is 32.2. The van der Waals surface area contributed by atoms with E-state index in [1.54, 1.807) is 36.0 Å². The molecule has 0 aromatic heterocycles. The van der Waals surface area contributed by atoms with Crippen molar-refractivity contribution in [2.45, 2.75) is 0 Å². The molecule has 0 saturated heterocycles. The van der Waals surface area contributed by atoms with Crippen LogP contribution in [0, 0.1) is 11.3 Å². The summed E-state index contributed by atoms with van der Waals surface area (Å²) in [5.41, 5.74) is 1.45. The minimum absolute atomic E-state index is 0.233. The molecule has 0 unspecified atom stereocenters. The largest absolute Gasteiger partial charge is 0.485 e. The third kappa shape index (κ3) is 3.55. The number of carbonyl (C=O) groups excluding carboxylic acids is 1. The fraction of sp³-hybridized carbons (Fsp3) is 0.111. The molecule has 1 aliphatic rings. The average molecular weight is 323 g/mol. The topological polar surface area (TPSA) is 59.3 Å². The van der Waals surface area contributed by atoms with Gasteiger partial charge in [-0.2, -0.15) is 5.26 Å². The molecule has 0 atom stereocenters. The molecule has 1 heterocycles. The Hall–Kier alpha value is -2.71. The maximum Gasteiger partial charge on any atom is 0.380 e. The van der Waals surface area contributed by atoms with E-state index in [9.17, 15) is 4.79 Å². The number of hydrogen-bond donors (Lipinski definition) is 0. The van der Waals surface area contributed by atoms with E-state index in [2.05, 4.69) is 0 Å². The fourth-order valence-electron chi connectivity index (χ4n) is 2.13. The highest BCUT2D eigenvalue weighted by molar-refractivity contribution is 8.08. The quantitative estimate of drug-likeness (QED) is 0.638. The summed E-state index contributed by atoms with van der Waals surface area (Å²) in [5, 5.41) is 8.79. The van der Waals surface area contributed by atoms with Gasteiger partial charge in [0.1, 0.15) is 5.75 Å². The third-order valence-electron chi connectivity index (χ3n) is 3.20. The van der Waals surface area contributed by atoms with Gasteiger partial charge in [-0.25, -0.2) is 4.79 Å². The van der Waals surface area contributed by atoms with E-state index in [0.717, 1.165) is 16.2 Å². The van der Waals surface area contributed by atoms with Crippen LogP contribution in [0.3, 0.4) is 0 Å². The van der Waals surface area contributed by atoms with Crippen molar-refractivity contribution in [3.05, 3.63) is 71.5 Å². The van der Waals surface area contributed by atoms with Crippen LogP contribution in [0.15, 0.2) is 60.4 Å². The minimum atomic E-state index is -0.527. The lowest BCUT2D eigenvalue weighted by Gasteiger charge is -2.19. The maximum absolute atomic E-state index is 12.4. The van der Waals surface area contributed by atoms with Gasteiger partial charge in [0.25, 0.3) is 0 Å². The fourth-order valence-corrected chi connectivity index (χ4v) is 3.07. The van der Waals surface area contributed by atoms with E-state index in [0.29, 0.717) is 17.9 Å². The molecular formula is C18H13NO3S. The first-order valence-electron chi connectivity index (χ1n) is 7.05. The van der Waals surface area contributed by atoms with Crippen LogP contribution in [0.25, 0.3) is 4.91 Å². The number of carbonyl (C=O) groups is 1. The van der Waals surface area contributed by atoms with Crippen molar-refractivity contribution in [2.75, 3.05) is 12.4 Å². The van der Waals surface area contributed by atoms with E-state index in [4.69, 9.17) is 14.7 Å².